The summed E-state index contributed by atoms with van der Waals surface area (Å²) < 4.78 is 65.0. The van der Waals surface area contributed by atoms with E-state index in [4.69, 9.17) is 0 Å². The fraction of sp³-hybridized carbons (Fsp3) is 0.379. The van der Waals surface area contributed by atoms with E-state index < -0.39 is 51.4 Å². The standard InChI is InChI=1S/C29H27F3N4O5S/c1-42(40,41)22-12-13-34(16-22)25(38)17-35-27(19-10-8-18(15-33)9-11-19)26-23(6-3-7-24(26)37)36(28(35)39)21-5-2-4-20(14-21)29(30,31)32/h2,4-5,8-11,14,22,27H,3,6-7,12-13,16-17H2,1H3. The highest BCUT2D eigenvalue weighted by atomic mass is 32.2. The van der Waals surface area contributed by atoms with E-state index in [0.29, 0.717) is 17.5 Å². The van der Waals surface area contributed by atoms with E-state index in [1.165, 1.54) is 29.2 Å². The van der Waals surface area contributed by atoms with Gasteiger partial charge in [0.25, 0.3) is 0 Å². The Kier molecular flexibility index (Phi) is 7.61. The van der Waals surface area contributed by atoms with Gasteiger partial charge in [-0.15, -0.1) is 0 Å². The fourth-order valence-corrected chi connectivity index (χ4v) is 6.77. The Balaban J connectivity index is 1.62. The maximum atomic E-state index is 14.2. The first-order valence-corrected chi connectivity index (χ1v) is 15.3. The van der Waals surface area contributed by atoms with Crippen LogP contribution in [0.2, 0.25) is 0 Å². The molecule has 0 saturated carbocycles. The third-order valence-corrected chi connectivity index (χ3v) is 9.51. The van der Waals surface area contributed by atoms with Gasteiger partial charge in [-0.2, -0.15) is 18.4 Å². The quantitative estimate of drug-likeness (QED) is 0.507. The summed E-state index contributed by atoms with van der Waals surface area (Å²) in [5, 5.41) is 8.52. The lowest BCUT2D eigenvalue weighted by Gasteiger charge is -2.45. The van der Waals surface area contributed by atoms with Crippen LogP contribution in [0.5, 0.6) is 0 Å². The van der Waals surface area contributed by atoms with Crippen molar-refractivity contribution in [2.75, 3.05) is 30.8 Å². The smallest absolute Gasteiger partial charge is 0.340 e. The van der Waals surface area contributed by atoms with Gasteiger partial charge in [-0.05, 0) is 55.2 Å². The predicted molar refractivity (Wildman–Crippen MR) is 146 cm³/mol. The molecule has 0 aromatic heterocycles. The van der Waals surface area contributed by atoms with Gasteiger partial charge in [0.15, 0.2) is 15.6 Å². The van der Waals surface area contributed by atoms with Crippen molar-refractivity contribution in [2.45, 2.75) is 43.2 Å². The molecule has 0 radical (unpaired) electrons. The van der Waals surface area contributed by atoms with E-state index in [0.717, 1.165) is 28.2 Å². The zero-order valence-corrected chi connectivity index (χ0v) is 23.4. The monoisotopic (exact) mass is 600 g/mol. The minimum absolute atomic E-state index is 0.0501. The van der Waals surface area contributed by atoms with Crippen LogP contribution in [0.15, 0.2) is 59.8 Å². The van der Waals surface area contributed by atoms with Crippen LogP contribution in [-0.4, -0.2) is 67.1 Å². The fourth-order valence-electron chi connectivity index (χ4n) is 5.78. The molecule has 9 nitrogen and oxygen atoms in total. The number of anilines is 1. The van der Waals surface area contributed by atoms with Crippen molar-refractivity contribution in [1.82, 2.24) is 9.80 Å². The molecule has 13 heteroatoms. The number of urea groups is 1. The molecule has 3 amide bonds. The van der Waals surface area contributed by atoms with Crippen molar-refractivity contribution < 1.29 is 36.0 Å². The first kappa shape index (κ1) is 29.3. The number of hydrogen-bond acceptors (Lipinski definition) is 6. The summed E-state index contributed by atoms with van der Waals surface area (Å²) in [4.78, 5) is 44.8. The number of hydrogen-bond donors (Lipinski definition) is 0. The summed E-state index contributed by atoms with van der Waals surface area (Å²) >= 11 is 0. The minimum atomic E-state index is -4.68. The number of carbonyl (C=O) groups excluding carboxylic acids is 3. The number of nitriles is 1. The third-order valence-electron chi connectivity index (χ3n) is 7.92. The van der Waals surface area contributed by atoms with Crippen molar-refractivity contribution in [3.63, 3.8) is 0 Å². The van der Waals surface area contributed by atoms with Crippen molar-refractivity contribution in [3.05, 3.63) is 76.5 Å². The van der Waals surface area contributed by atoms with E-state index in [9.17, 15) is 41.2 Å². The lowest BCUT2D eigenvalue weighted by atomic mass is 9.83. The Morgan fingerprint density at radius 3 is 2.43 bits per heavy atom. The third kappa shape index (κ3) is 5.51. The zero-order chi connectivity index (χ0) is 30.4. The largest absolute Gasteiger partial charge is 0.416 e. The number of halogens is 3. The molecule has 5 rings (SSSR count). The number of alkyl halides is 3. The molecule has 1 saturated heterocycles. The van der Waals surface area contributed by atoms with Crippen LogP contribution in [0.3, 0.4) is 0 Å². The minimum Gasteiger partial charge on any atom is -0.340 e. The first-order chi connectivity index (χ1) is 19.8. The SMILES string of the molecule is CS(=O)(=O)C1CCN(C(=O)CN2C(=O)N(c3cccc(C(F)(F)F)c3)C3=C(C(=O)CCC3)C2c2ccc(C#N)cc2)C1. The molecule has 1 aliphatic carbocycles. The van der Waals surface area contributed by atoms with Crippen molar-refractivity contribution in [3.8, 4) is 6.07 Å². The van der Waals surface area contributed by atoms with Gasteiger partial charge in [-0.25, -0.2) is 13.2 Å². The maximum absolute atomic E-state index is 14.2. The van der Waals surface area contributed by atoms with Crippen LogP contribution < -0.4 is 4.90 Å². The van der Waals surface area contributed by atoms with Gasteiger partial charge >= 0.3 is 12.2 Å². The van der Waals surface area contributed by atoms with Crippen LogP contribution in [0.1, 0.15) is 48.4 Å². The Morgan fingerprint density at radius 2 is 1.81 bits per heavy atom. The van der Waals surface area contributed by atoms with Gasteiger partial charge in [0, 0.05) is 37.0 Å². The number of allylic oxidation sites excluding steroid dienone is 1. The second-order valence-corrected chi connectivity index (χ2v) is 13.0. The zero-order valence-electron chi connectivity index (χ0n) is 22.6. The average Bonchev–Trinajstić information content (AvgIpc) is 3.45. The molecule has 2 aliphatic heterocycles. The lowest BCUT2D eigenvalue weighted by Crippen LogP contribution is -2.54. The number of sulfone groups is 1. The Labute approximate surface area is 240 Å². The van der Waals surface area contributed by atoms with Crippen molar-refractivity contribution in [2.24, 2.45) is 0 Å². The van der Waals surface area contributed by atoms with E-state index >= 15 is 0 Å². The second kappa shape index (κ2) is 10.9. The van der Waals surface area contributed by atoms with Gasteiger partial charge in [0.1, 0.15) is 6.54 Å². The van der Waals surface area contributed by atoms with Gasteiger partial charge in [0.05, 0.1) is 34.2 Å². The van der Waals surface area contributed by atoms with Crippen molar-refractivity contribution in [1.29, 1.82) is 5.26 Å². The average molecular weight is 601 g/mol. The Hall–Kier alpha value is -4.18. The molecule has 2 aromatic carbocycles. The molecule has 0 bridgehead atoms. The number of rotatable bonds is 5. The van der Waals surface area contributed by atoms with E-state index in [1.54, 1.807) is 12.1 Å². The number of nitrogens with zero attached hydrogens (tertiary/aromatic N) is 4. The van der Waals surface area contributed by atoms with Crippen LogP contribution in [0.25, 0.3) is 0 Å². The lowest BCUT2D eigenvalue weighted by molar-refractivity contribution is -0.137. The van der Waals surface area contributed by atoms with Crippen LogP contribution in [-0.2, 0) is 25.6 Å². The predicted octanol–water partition coefficient (Wildman–Crippen LogP) is 4.21. The number of amides is 3. The van der Waals surface area contributed by atoms with Crippen LogP contribution in [0, 0.1) is 11.3 Å². The molecule has 2 heterocycles. The molecular weight excluding hydrogens is 573 g/mol. The number of carbonyl (C=O) groups is 3. The van der Waals surface area contributed by atoms with Gasteiger partial charge in [-0.3, -0.25) is 14.5 Å². The first-order valence-electron chi connectivity index (χ1n) is 13.3. The number of likely N-dealkylation sites (tertiary alicyclic amines) is 1. The molecule has 220 valence electrons. The molecule has 0 spiro atoms. The maximum Gasteiger partial charge on any atom is 0.416 e. The van der Waals surface area contributed by atoms with Gasteiger partial charge in [0.2, 0.25) is 5.91 Å². The van der Waals surface area contributed by atoms with E-state index in [-0.39, 0.29) is 55.1 Å². The molecule has 2 atom stereocenters. The molecule has 3 aliphatic rings. The van der Waals surface area contributed by atoms with E-state index in [2.05, 4.69) is 0 Å². The number of benzene rings is 2. The Bertz CT molecular complexity index is 1630. The molecule has 2 unspecified atom stereocenters. The highest BCUT2D eigenvalue weighted by Crippen LogP contribution is 2.44. The molecular formula is C29H27F3N4O5S. The normalized spacial score (nSPS) is 21.5. The number of ketones is 1. The van der Waals surface area contributed by atoms with Gasteiger partial charge in [-0.1, -0.05) is 18.2 Å². The second-order valence-electron chi connectivity index (χ2n) is 10.6. The Morgan fingerprint density at radius 1 is 1.10 bits per heavy atom. The van der Waals surface area contributed by atoms with E-state index in [1.807, 2.05) is 6.07 Å². The highest BCUT2D eigenvalue weighted by molar-refractivity contribution is 7.91. The molecule has 42 heavy (non-hydrogen) atoms. The summed E-state index contributed by atoms with van der Waals surface area (Å²) in [5.41, 5.74) is 0.196. The summed E-state index contributed by atoms with van der Waals surface area (Å²) in [7, 11) is -3.41. The summed E-state index contributed by atoms with van der Waals surface area (Å²) in [6, 6.07) is 10.6. The van der Waals surface area contributed by atoms with Crippen LogP contribution >= 0.6 is 0 Å². The van der Waals surface area contributed by atoms with Crippen molar-refractivity contribution >= 4 is 33.2 Å². The summed E-state index contributed by atoms with van der Waals surface area (Å²) in [5.74, 6) is -0.852. The molecule has 0 N–H and O–H groups in total. The topological polar surface area (TPSA) is 119 Å². The van der Waals surface area contributed by atoms with Crippen LogP contribution in [0.4, 0.5) is 23.7 Å². The molecule has 1 fully saturated rings. The number of Topliss-reactive ketones (excluding diaryl/α,β-unsaturated/α-hetero) is 1. The highest BCUT2D eigenvalue weighted by Gasteiger charge is 2.46. The summed E-state index contributed by atoms with van der Waals surface area (Å²) in [6.07, 6.45) is -2.56. The molecule has 2 aromatic rings. The van der Waals surface area contributed by atoms with Gasteiger partial charge < -0.3 is 9.80 Å². The summed E-state index contributed by atoms with van der Waals surface area (Å²) in [6.45, 7) is -0.435.